The number of benzene rings is 1. The van der Waals surface area contributed by atoms with E-state index in [1.54, 1.807) is 0 Å². The van der Waals surface area contributed by atoms with Crippen LogP contribution in [0.1, 0.15) is 44.7 Å². The molecule has 1 fully saturated rings. The fourth-order valence-corrected chi connectivity index (χ4v) is 2.38. The van der Waals surface area contributed by atoms with Gasteiger partial charge in [-0.1, -0.05) is 45.0 Å². The Hall–Kier alpha value is -1.31. The second-order valence-corrected chi connectivity index (χ2v) is 6.18. The fraction of sp³-hybridized carbons (Fsp3) is 0.562. The number of hydrogen-bond donors (Lipinski definition) is 0. The molecule has 0 spiro atoms. The molecule has 1 amide bonds. The van der Waals surface area contributed by atoms with Crippen LogP contribution in [0.25, 0.3) is 0 Å². The summed E-state index contributed by atoms with van der Waals surface area (Å²) in [4.78, 5) is 13.5. The fourth-order valence-electron chi connectivity index (χ4n) is 2.38. The van der Waals surface area contributed by atoms with Crippen LogP contribution in [0, 0.1) is 0 Å². The van der Waals surface area contributed by atoms with Crippen molar-refractivity contribution in [2.24, 2.45) is 0 Å². The van der Waals surface area contributed by atoms with Gasteiger partial charge in [-0.25, -0.2) is 0 Å². The highest BCUT2D eigenvalue weighted by atomic mass is 16.2. The van der Waals surface area contributed by atoms with Crippen LogP contribution in [0.3, 0.4) is 0 Å². The van der Waals surface area contributed by atoms with Crippen molar-refractivity contribution >= 4 is 5.91 Å². The molecule has 0 bridgehead atoms. The highest BCUT2D eigenvalue weighted by molar-refractivity contribution is 5.78. The maximum absolute atomic E-state index is 11.5. The van der Waals surface area contributed by atoms with Crippen LogP contribution >= 0.6 is 0 Å². The van der Waals surface area contributed by atoms with Crippen LogP contribution < -0.4 is 0 Å². The van der Waals surface area contributed by atoms with Crippen LogP contribution in [0.15, 0.2) is 24.3 Å². The molecule has 1 heterocycles. The van der Waals surface area contributed by atoms with Gasteiger partial charge in [0, 0.05) is 19.5 Å². The van der Waals surface area contributed by atoms with Gasteiger partial charge in [0.1, 0.15) is 0 Å². The molecule has 2 rings (SSSR count). The van der Waals surface area contributed by atoms with Crippen molar-refractivity contribution < 1.29 is 4.79 Å². The Kier molecular flexibility index (Phi) is 3.74. The van der Waals surface area contributed by atoms with E-state index >= 15 is 0 Å². The minimum absolute atomic E-state index is 0.212. The predicted molar refractivity (Wildman–Crippen MR) is 74.7 cm³/mol. The zero-order valence-corrected chi connectivity index (χ0v) is 11.7. The third-order valence-corrected chi connectivity index (χ3v) is 3.66. The lowest BCUT2D eigenvalue weighted by atomic mass is 9.86. The molecule has 0 atom stereocenters. The summed E-state index contributed by atoms with van der Waals surface area (Å²) in [6, 6.07) is 8.81. The van der Waals surface area contributed by atoms with Gasteiger partial charge in [0.2, 0.25) is 5.91 Å². The molecule has 0 aromatic heterocycles. The molecule has 0 saturated carbocycles. The Morgan fingerprint density at radius 2 is 1.83 bits per heavy atom. The molecular formula is C16H23NO. The maximum atomic E-state index is 11.5. The summed E-state index contributed by atoms with van der Waals surface area (Å²) in [5.74, 6) is 0.321. The molecule has 1 aromatic carbocycles. The first kappa shape index (κ1) is 13.1. The highest BCUT2D eigenvalue weighted by Crippen LogP contribution is 2.22. The molecule has 1 saturated heterocycles. The van der Waals surface area contributed by atoms with E-state index in [0.29, 0.717) is 5.91 Å². The summed E-state index contributed by atoms with van der Waals surface area (Å²) in [6.07, 6.45) is 2.74. The van der Waals surface area contributed by atoms with Gasteiger partial charge in [0.05, 0.1) is 0 Å². The first-order valence-corrected chi connectivity index (χ1v) is 6.84. The Labute approximate surface area is 110 Å². The third-order valence-electron chi connectivity index (χ3n) is 3.66. The second-order valence-electron chi connectivity index (χ2n) is 6.18. The molecule has 2 nitrogen and oxygen atoms in total. The van der Waals surface area contributed by atoms with E-state index in [1.165, 1.54) is 11.1 Å². The Balaban J connectivity index is 1.92. The van der Waals surface area contributed by atoms with Crippen LogP contribution in [0.5, 0.6) is 0 Å². The first-order valence-electron chi connectivity index (χ1n) is 6.84. The molecule has 2 heteroatoms. The number of rotatable bonds is 3. The Bertz CT molecular complexity index is 414. The average molecular weight is 245 g/mol. The monoisotopic (exact) mass is 245 g/mol. The molecule has 0 aliphatic carbocycles. The number of amides is 1. The summed E-state index contributed by atoms with van der Waals surface area (Å²) < 4.78 is 0. The van der Waals surface area contributed by atoms with Crippen molar-refractivity contribution in [2.75, 3.05) is 13.1 Å². The summed E-state index contributed by atoms with van der Waals surface area (Å²) in [5, 5.41) is 0. The van der Waals surface area contributed by atoms with Crippen LogP contribution in [-0.4, -0.2) is 23.9 Å². The number of carbonyl (C=O) groups is 1. The number of hydrogen-bond acceptors (Lipinski definition) is 1. The van der Waals surface area contributed by atoms with Gasteiger partial charge in [0.15, 0.2) is 0 Å². The van der Waals surface area contributed by atoms with Crippen molar-refractivity contribution in [2.45, 2.75) is 45.4 Å². The standard InChI is InChI=1S/C16H23NO/c1-16(2,3)14-8-6-13(7-9-14)10-12-17-11-4-5-15(17)18/h6-9H,4-5,10-12H2,1-3H3. The third kappa shape index (κ3) is 3.12. The summed E-state index contributed by atoms with van der Waals surface area (Å²) >= 11 is 0. The van der Waals surface area contributed by atoms with Crippen LogP contribution in [-0.2, 0) is 16.6 Å². The molecule has 0 radical (unpaired) electrons. The Morgan fingerprint density at radius 1 is 1.17 bits per heavy atom. The molecule has 0 unspecified atom stereocenters. The Morgan fingerprint density at radius 3 is 2.33 bits per heavy atom. The molecule has 1 aromatic rings. The number of carbonyl (C=O) groups excluding carboxylic acids is 1. The predicted octanol–water partition coefficient (Wildman–Crippen LogP) is 3.15. The number of nitrogens with zero attached hydrogens (tertiary/aromatic N) is 1. The van der Waals surface area contributed by atoms with Crippen LogP contribution in [0.2, 0.25) is 0 Å². The largest absolute Gasteiger partial charge is 0.342 e. The van der Waals surface area contributed by atoms with E-state index in [1.807, 2.05) is 4.90 Å². The van der Waals surface area contributed by atoms with Crippen molar-refractivity contribution in [3.8, 4) is 0 Å². The van der Waals surface area contributed by atoms with E-state index in [4.69, 9.17) is 0 Å². The molecule has 98 valence electrons. The molecule has 1 aliphatic heterocycles. The number of likely N-dealkylation sites (tertiary alicyclic amines) is 1. The first-order chi connectivity index (χ1) is 8.47. The topological polar surface area (TPSA) is 20.3 Å². The lowest BCUT2D eigenvalue weighted by Crippen LogP contribution is -2.26. The van der Waals surface area contributed by atoms with Crippen molar-refractivity contribution in [3.05, 3.63) is 35.4 Å². The lowest BCUT2D eigenvalue weighted by molar-refractivity contribution is -0.127. The van der Waals surface area contributed by atoms with E-state index in [2.05, 4.69) is 45.0 Å². The summed E-state index contributed by atoms with van der Waals surface area (Å²) in [7, 11) is 0. The molecule has 1 aliphatic rings. The molecule has 18 heavy (non-hydrogen) atoms. The van der Waals surface area contributed by atoms with Crippen molar-refractivity contribution in [3.63, 3.8) is 0 Å². The quantitative estimate of drug-likeness (QED) is 0.801. The highest BCUT2D eigenvalue weighted by Gasteiger charge is 2.19. The average Bonchev–Trinajstić information content (AvgIpc) is 2.72. The SMILES string of the molecule is CC(C)(C)c1ccc(CCN2CCCC2=O)cc1. The van der Waals surface area contributed by atoms with E-state index in [9.17, 15) is 4.79 Å². The summed E-state index contributed by atoms with van der Waals surface area (Å²) in [6.45, 7) is 8.49. The van der Waals surface area contributed by atoms with E-state index in [0.717, 1.165) is 32.4 Å². The summed E-state index contributed by atoms with van der Waals surface area (Å²) in [5.41, 5.74) is 2.90. The maximum Gasteiger partial charge on any atom is 0.222 e. The van der Waals surface area contributed by atoms with Gasteiger partial charge >= 0.3 is 0 Å². The smallest absolute Gasteiger partial charge is 0.222 e. The molecule has 0 N–H and O–H groups in total. The van der Waals surface area contributed by atoms with Gasteiger partial charge in [-0.2, -0.15) is 0 Å². The zero-order valence-electron chi connectivity index (χ0n) is 11.7. The van der Waals surface area contributed by atoms with Gasteiger partial charge in [-0.05, 0) is 29.4 Å². The van der Waals surface area contributed by atoms with Gasteiger partial charge in [-0.15, -0.1) is 0 Å². The van der Waals surface area contributed by atoms with E-state index in [-0.39, 0.29) is 5.41 Å². The minimum Gasteiger partial charge on any atom is -0.342 e. The lowest BCUT2D eigenvalue weighted by Gasteiger charge is -2.20. The minimum atomic E-state index is 0.212. The van der Waals surface area contributed by atoms with Crippen molar-refractivity contribution in [1.82, 2.24) is 4.90 Å². The second kappa shape index (κ2) is 5.13. The van der Waals surface area contributed by atoms with Gasteiger partial charge < -0.3 is 4.90 Å². The van der Waals surface area contributed by atoms with Crippen LogP contribution in [0.4, 0.5) is 0 Å². The van der Waals surface area contributed by atoms with Crippen molar-refractivity contribution in [1.29, 1.82) is 0 Å². The van der Waals surface area contributed by atoms with Gasteiger partial charge in [0.25, 0.3) is 0 Å². The molecular weight excluding hydrogens is 222 g/mol. The zero-order chi connectivity index (χ0) is 13.2. The van der Waals surface area contributed by atoms with E-state index < -0.39 is 0 Å². The van der Waals surface area contributed by atoms with Gasteiger partial charge in [-0.3, -0.25) is 4.79 Å². The normalized spacial score (nSPS) is 16.4.